The van der Waals surface area contributed by atoms with Gasteiger partial charge in [-0.2, -0.15) is 0 Å². The zero-order valence-electron chi connectivity index (χ0n) is 10.9. The number of rotatable bonds is 2. The van der Waals surface area contributed by atoms with Gasteiger partial charge in [0.15, 0.2) is 0 Å². The smallest absolute Gasteiger partial charge is 0.211 e. The lowest BCUT2D eigenvalue weighted by Crippen LogP contribution is -2.59. The van der Waals surface area contributed by atoms with Crippen LogP contribution in [0.5, 0.6) is 0 Å². The Morgan fingerprint density at radius 3 is 2.18 bits per heavy atom. The fraction of sp³-hybridized carbons (Fsp3) is 1.00. The molecule has 0 aromatic carbocycles. The number of aliphatic hydroxyl groups excluding tert-OH is 1. The Labute approximate surface area is 104 Å². The number of hydrogen-bond acceptors (Lipinski definition) is 3. The van der Waals surface area contributed by atoms with Crippen LogP contribution in [0.25, 0.3) is 0 Å². The molecule has 2 atom stereocenters. The summed E-state index contributed by atoms with van der Waals surface area (Å²) in [5.41, 5.74) is 0.0100. The van der Waals surface area contributed by atoms with Gasteiger partial charge in [-0.25, -0.2) is 12.7 Å². The highest BCUT2D eigenvalue weighted by molar-refractivity contribution is 7.88. The maximum atomic E-state index is 11.4. The molecule has 1 heterocycles. The zero-order valence-corrected chi connectivity index (χ0v) is 11.7. The molecule has 100 valence electrons. The molecule has 1 aliphatic carbocycles. The number of aliphatic hydroxyl groups is 1. The summed E-state index contributed by atoms with van der Waals surface area (Å²) in [5.74, 6) is 0.920. The first kappa shape index (κ1) is 13.3. The molecule has 1 aliphatic heterocycles. The van der Waals surface area contributed by atoms with Gasteiger partial charge < -0.3 is 5.11 Å². The topological polar surface area (TPSA) is 57.6 Å². The van der Waals surface area contributed by atoms with Crippen molar-refractivity contribution in [3.05, 3.63) is 0 Å². The average Bonchev–Trinajstić information content (AvgIpc) is 2.24. The molecule has 1 saturated heterocycles. The van der Waals surface area contributed by atoms with Crippen LogP contribution < -0.4 is 0 Å². The third-order valence-corrected chi connectivity index (χ3v) is 6.02. The highest BCUT2D eigenvalue weighted by atomic mass is 32.2. The summed E-state index contributed by atoms with van der Waals surface area (Å²) in [6.45, 7) is 5.43. The molecule has 1 N–H and O–H groups in total. The normalized spacial score (nSPS) is 33.9. The molecule has 2 aliphatic rings. The quantitative estimate of drug-likeness (QED) is 0.809. The van der Waals surface area contributed by atoms with Crippen LogP contribution in [0.4, 0.5) is 0 Å². The van der Waals surface area contributed by atoms with Crippen molar-refractivity contribution < 1.29 is 13.5 Å². The van der Waals surface area contributed by atoms with E-state index in [1.807, 2.05) is 0 Å². The lowest BCUT2D eigenvalue weighted by molar-refractivity contribution is -0.156. The van der Waals surface area contributed by atoms with Crippen molar-refractivity contribution in [3.8, 4) is 0 Å². The number of piperidine rings is 1. The van der Waals surface area contributed by atoms with Crippen LogP contribution in [0.2, 0.25) is 0 Å². The number of hydrogen-bond donors (Lipinski definition) is 1. The summed E-state index contributed by atoms with van der Waals surface area (Å²) >= 11 is 0. The van der Waals surface area contributed by atoms with Gasteiger partial charge in [-0.1, -0.05) is 13.8 Å². The van der Waals surface area contributed by atoms with Gasteiger partial charge in [0.1, 0.15) is 0 Å². The van der Waals surface area contributed by atoms with E-state index >= 15 is 0 Å². The molecule has 0 aromatic heterocycles. The van der Waals surface area contributed by atoms with Crippen LogP contribution in [0.15, 0.2) is 0 Å². The van der Waals surface area contributed by atoms with Gasteiger partial charge in [0, 0.05) is 13.1 Å². The van der Waals surface area contributed by atoms with Gasteiger partial charge in [0.25, 0.3) is 0 Å². The minimum atomic E-state index is -3.06. The summed E-state index contributed by atoms with van der Waals surface area (Å²) < 4.78 is 24.4. The first-order valence-electron chi connectivity index (χ1n) is 6.39. The number of nitrogens with zero attached hydrogens (tertiary/aromatic N) is 1. The van der Waals surface area contributed by atoms with Gasteiger partial charge >= 0.3 is 0 Å². The van der Waals surface area contributed by atoms with Gasteiger partial charge in [-0.05, 0) is 36.5 Å². The van der Waals surface area contributed by atoms with E-state index in [0.717, 1.165) is 19.3 Å². The first-order valence-corrected chi connectivity index (χ1v) is 8.24. The van der Waals surface area contributed by atoms with Crippen molar-refractivity contribution in [3.63, 3.8) is 0 Å². The zero-order chi connectivity index (χ0) is 12.8. The minimum absolute atomic E-state index is 0.0100. The van der Waals surface area contributed by atoms with Crippen molar-refractivity contribution in [1.82, 2.24) is 4.31 Å². The Morgan fingerprint density at radius 2 is 1.82 bits per heavy atom. The molecule has 0 radical (unpaired) electrons. The SMILES string of the molecule is CC(C)C1CC2(CCN(S(C)(=O)=O)CC2)C1O. The molecule has 17 heavy (non-hydrogen) atoms. The van der Waals surface area contributed by atoms with Crippen LogP contribution in [0, 0.1) is 17.3 Å². The van der Waals surface area contributed by atoms with E-state index in [1.165, 1.54) is 10.6 Å². The second-order valence-corrected chi connectivity index (χ2v) is 8.06. The van der Waals surface area contributed by atoms with Crippen molar-refractivity contribution in [2.24, 2.45) is 17.3 Å². The van der Waals surface area contributed by atoms with Gasteiger partial charge in [0.05, 0.1) is 12.4 Å². The molecule has 1 spiro atoms. The molecule has 4 nitrogen and oxygen atoms in total. The van der Waals surface area contributed by atoms with E-state index in [0.29, 0.717) is 24.9 Å². The molecule has 0 amide bonds. The fourth-order valence-corrected chi connectivity index (χ4v) is 4.20. The standard InChI is InChI=1S/C12H23NO3S/c1-9(2)10-8-12(11(10)14)4-6-13(7-5-12)17(3,15)16/h9-11,14H,4-8H2,1-3H3. The molecule has 2 rings (SSSR count). The Kier molecular flexibility index (Phi) is 3.30. The Bertz CT molecular complexity index is 383. The summed E-state index contributed by atoms with van der Waals surface area (Å²) in [5, 5.41) is 10.3. The molecule has 2 fully saturated rings. The van der Waals surface area contributed by atoms with Crippen molar-refractivity contribution in [2.45, 2.75) is 39.2 Å². The molecular formula is C12H23NO3S. The summed E-state index contributed by atoms with van der Waals surface area (Å²) in [4.78, 5) is 0. The van der Waals surface area contributed by atoms with E-state index in [2.05, 4.69) is 13.8 Å². The lowest BCUT2D eigenvalue weighted by Gasteiger charge is -2.57. The van der Waals surface area contributed by atoms with E-state index < -0.39 is 10.0 Å². The van der Waals surface area contributed by atoms with Crippen LogP contribution in [-0.2, 0) is 10.0 Å². The van der Waals surface area contributed by atoms with E-state index in [4.69, 9.17) is 0 Å². The van der Waals surface area contributed by atoms with Crippen molar-refractivity contribution in [1.29, 1.82) is 0 Å². The fourth-order valence-electron chi connectivity index (χ4n) is 3.36. The van der Waals surface area contributed by atoms with Crippen molar-refractivity contribution >= 4 is 10.0 Å². The average molecular weight is 261 g/mol. The van der Waals surface area contributed by atoms with Crippen LogP contribution in [0.1, 0.15) is 33.1 Å². The minimum Gasteiger partial charge on any atom is -0.392 e. The second kappa shape index (κ2) is 4.21. The maximum absolute atomic E-state index is 11.4. The van der Waals surface area contributed by atoms with Gasteiger partial charge in [-0.3, -0.25) is 0 Å². The lowest BCUT2D eigenvalue weighted by atomic mass is 9.53. The first-order chi connectivity index (χ1) is 7.76. The Morgan fingerprint density at radius 1 is 1.29 bits per heavy atom. The highest BCUT2D eigenvalue weighted by Crippen LogP contribution is 2.55. The van der Waals surface area contributed by atoms with Crippen LogP contribution in [0.3, 0.4) is 0 Å². The molecule has 0 bridgehead atoms. The van der Waals surface area contributed by atoms with E-state index in [9.17, 15) is 13.5 Å². The largest absolute Gasteiger partial charge is 0.392 e. The van der Waals surface area contributed by atoms with Gasteiger partial charge in [-0.15, -0.1) is 0 Å². The molecule has 1 saturated carbocycles. The highest BCUT2D eigenvalue weighted by Gasteiger charge is 2.54. The maximum Gasteiger partial charge on any atom is 0.211 e. The molecule has 0 aromatic rings. The summed E-state index contributed by atoms with van der Waals surface area (Å²) in [6.07, 6.45) is 3.71. The van der Waals surface area contributed by atoms with Crippen LogP contribution >= 0.6 is 0 Å². The monoisotopic (exact) mass is 261 g/mol. The third-order valence-electron chi connectivity index (χ3n) is 4.72. The third kappa shape index (κ3) is 2.25. The molecule has 5 heteroatoms. The predicted octanol–water partition coefficient (Wildman–Crippen LogP) is 1.06. The Hall–Kier alpha value is -0.130. The molecular weight excluding hydrogens is 238 g/mol. The van der Waals surface area contributed by atoms with Crippen LogP contribution in [-0.4, -0.2) is 43.3 Å². The number of sulfonamides is 1. The summed E-state index contributed by atoms with van der Waals surface area (Å²) in [6, 6.07) is 0. The van der Waals surface area contributed by atoms with E-state index in [1.54, 1.807) is 0 Å². The second-order valence-electron chi connectivity index (χ2n) is 6.08. The van der Waals surface area contributed by atoms with E-state index in [-0.39, 0.29) is 11.5 Å². The summed E-state index contributed by atoms with van der Waals surface area (Å²) in [7, 11) is -3.06. The Balaban J connectivity index is 1.97. The molecule has 2 unspecified atom stereocenters. The predicted molar refractivity (Wildman–Crippen MR) is 67.0 cm³/mol. The van der Waals surface area contributed by atoms with Crippen molar-refractivity contribution in [2.75, 3.05) is 19.3 Å². The van der Waals surface area contributed by atoms with Gasteiger partial charge in [0.2, 0.25) is 10.0 Å².